The van der Waals surface area contributed by atoms with Gasteiger partial charge in [0.2, 0.25) is 0 Å². The van der Waals surface area contributed by atoms with Gasteiger partial charge in [-0.1, -0.05) is 18.1 Å². The van der Waals surface area contributed by atoms with Gasteiger partial charge in [-0.05, 0) is 17.7 Å². The molecule has 2 amide bonds. The Kier molecular flexibility index (Phi) is 5.42. The van der Waals surface area contributed by atoms with Crippen LogP contribution in [-0.4, -0.2) is 37.6 Å². The van der Waals surface area contributed by atoms with Gasteiger partial charge in [-0.15, -0.1) is 6.42 Å². The van der Waals surface area contributed by atoms with Crippen molar-refractivity contribution in [1.29, 1.82) is 0 Å². The van der Waals surface area contributed by atoms with E-state index in [1.54, 1.807) is 31.3 Å². The predicted molar refractivity (Wildman–Crippen MR) is 71.5 cm³/mol. The van der Waals surface area contributed by atoms with Crippen molar-refractivity contribution < 1.29 is 14.3 Å². The lowest BCUT2D eigenvalue weighted by Gasteiger charge is -2.17. The second-order valence-corrected chi connectivity index (χ2v) is 3.91. The predicted octanol–water partition coefficient (Wildman–Crippen LogP) is 1.25. The third-order valence-corrected chi connectivity index (χ3v) is 2.48. The SMILES string of the molecule is C#CCNC(=O)N(C)Cc1ccc(C(=O)OC)cc1. The smallest absolute Gasteiger partial charge is 0.337 e. The summed E-state index contributed by atoms with van der Waals surface area (Å²) in [6.07, 6.45) is 5.06. The van der Waals surface area contributed by atoms with E-state index in [4.69, 9.17) is 6.42 Å². The molecule has 1 aromatic carbocycles. The van der Waals surface area contributed by atoms with Crippen molar-refractivity contribution in [3.63, 3.8) is 0 Å². The normalized spacial score (nSPS) is 9.32. The second-order valence-electron chi connectivity index (χ2n) is 3.91. The lowest BCUT2D eigenvalue weighted by molar-refractivity contribution is 0.0600. The Bertz CT molecular complexity index is 488. The molecule has 19 heavy (non-hydrogen) atoms. The van der Waals surface area contributed by atoms with Crippen LogP contribution in [0.5, 0.6) is 0 Å². The molecule has 0 saturated heterocycles. The third-order valence-electron chi connectivity index (χ3n) is 2.48. The molecule has 0 spiro atoms. The number of esters is 1. The summed E-state index contributed by atoms with van der Waals surface area (Å²) in [5.74, 6) is 1.95. The van der Waals surface area contributed by atoms with Crippen LogP contribution in [0, 0.1) is 12.3 Å². The number of carbonyl (C=O) groups is 2. The molecule has 1 N–H and O–H groups in total. The van der Waals surface area contributed by atoms with Crippen LogP contribution in [-0.2, 0) is 11.3 Å². The van der Waals surface area contributed by atoms with Gasteiger partial charge in [-0.3, -0.25) is 0 Å². The molecule has 0 aromatic heterocycles. The summed E-state index contributed by atoms with van der Waals surface area (Å²) in [7, 11) is 3.00. The van der Waals surface area contributed by atoms with Gasteiger partial charge in [-0.25, -0.2) is 9.59 Å². The largest absolute Gasteiger partial charge is 0.465 e. The van der Waals surface area contributed by atoms with Gasteiger partial charge in [0.15, 0.2) is 0 Å². The lowest BCUT2D eigenvalue weighted by atomic mass is 10.1. The molecule has 0 fully saturated rings. The molecule has 5 heteroatoms. The molecule has 0 unspecified atom stereocenters. The summed E-state index contributed by atoms with van der Waals surface area (Å²) in [5.41, 5.74) is 1.39. The van der Waals surface area contributed by atoms with Crippen molar-refractivity contribution in [3.05, 3.63) is 35.4 Å². The van der Waals surface area contributed by atoms with Gasteiger partial charge in [0, 0.05) is 13.6 Å². The molecule has 0 radical (unpaired) electrons. The standard InChI is InChI=1S/C14H16N2O3/c1-4-9-15-14(18)16(2)10-11-5-7-12(8-6-11)13(17)19-3/h1,5-8H,9-10H2,2-3H3,(H,15,18). The number of carbonyl (C=O) groups excluding carboxylic acids is 2. The van der Waals surface area contributed by atoms with Gasteiger partial charge in [0.05, 0.1) is 19.2 Å². The number of urea groups is 1. The summed E-state index contributed by atoms with van der Waals surface area (Å²) in [6.45, 7) is 0.627. The van der Waals surface area contributed by atoms with Gasteiger partial charge in [0.1, 0.15) is 0 Å². The minimum Gasteiger partial charge on any atom is -0.465 e. The molecule has 1 rings (SSSR count). The quantitative estimate of drug-likeness (QED) is 0.654. The number of rotatable bonds is 4. The molecule has 0 aliphatic carbocycles. The van der Waals surface area contributed by atoms with Crippen LogP contribution >= 0.6 is 0 Å². The van der Waals surface area contributed by atoms with Crippen LogP contribution in [0.15, 0.2) is 24.3 Å². The zero-order valence-corrected chi connectivity index (χ0v) is 11.0. The monoisotopic (exact) mass is 260 g/mol. The highest BCUT2D eigenvalue weighted by molar-refractivity contribution is 5.89. The highest BCUT2D eigenvalue weighted by Gasteiger charge is 2.09. The molecule has 0 atom stereocenters. The first-order chi connectivity index (χ1) is 9.08. The van der Waals surface area contributed by atoms with E-state index in [-0.39, 0.29) is 18.5 Å². The molecule has 100 valence electrons. The highest BCUT2D eigenvalue weighted by atomic mass is 16.5. The maximum Gasteiger partial charge on any atom is 0.337 e. The van der Waals surface area contributed by atoms with Crippen LogP contribution in [0.3, 0.4) is 0 Å². The van der Waals surface area contributed by atoms with Crippen molar-refractivity contribution in [2.24, 2.45) is 0 Å². The summed E-state index contributed by atoms with van der Waals surface area (Å²) in [6, 6.07) is 6.63. The molecule has 1 aromatic rings. The van der Waals surface area contributed by atoms with Crippen molar-refractivity contribution in [2.75, 3.05) is 20.7 Å². The van der Waals surface area contributed by atoms with Crippen molar-refractivity contribution in [3.8, 4) is 12.3 Å². The topological polar surface area (TPSA) is 58.6 Å². The number of nitrogens with zero attached hydrogens (tertiary/aromatic N) is 1. The Hall–Kier alpha value is -2.48. The van der Waals surface area contributed by atoms with Gasteiger partial charge < -0.3 is 15.0 Å². The average Bonchev–Trinajstić information content (AvgIpc) is 2.44. The number of benzene rings is 1. The second kappa shape index (κ2) is 7.07. The number of methoxy groups -OCH3 is 1. The first-order valence-corrected chi connectivity index (χ1v) is 5.68. The van der Waals surface area contributed by atoms with E-state index >= 15 is 0 Å². The van der Waals surface area contributed by atoms with Crippen LogP contribution < -0.4 is 5.32 Å². The van der Waals surface area contributed by atoms with Gasteiger partial charge >= 0.3 is 12.0 Å². The maximum absolute atomic E-state index is 11.6. The van der Waals surface area contributed by atoms with E-state index in [2.05, 4.69) is 16.0 Å². The molecule has 0 aliphatic heterocycles. The van der Waals surface area contributed by atoms with E-state index in [0.29, 0.717) is 12.1 Å². The fourth-order valence-corrected chi connectivity index (χ4v) is 1.47. The van der Waals surface area contributed by atoms with Crippen molar-refractivity contribution in [1.82, 2.24) is 10.2 Å². The van der Waals surface area contributed by atoms with Crippen molar-refractivity contribution >= 4 is 12.0 Å². The Balaban J connectivity index is 2.60. The Morgan fingerprint density at radius 1 is 1.37 bits per heavy atom. The number of hydrogen-bond acceptors (Lipinski definition) is 3. The number of terminal acetylenes is 1. The third kappa shape index (κ3) is 4.36. The molecule has 0 bridgehead atoms. The van der Waals surface area contributed by atoms with Gasteiger partial charge in [-0.2, -0.15) is 0 Å². The number of hydrogen-bond donors (Lipinski definition) is 1. The van der Waals surface area contributed by atoms with E-state index in [1.165, 1.54) is 12.0 Å². The van der Waals surface area contributed by atoms with Crippen LogP contribution in [0.25, 0.3) is 0 Å². The Morgan fingerprint density at radius 2 is 2.00 bits per heavy atom. The Labute approximate surface area is 112 Å². The van der Waals surface area contributed by atoms with E-state index < -0.39 is 0 Å². The molecule has 0 saturated carbocycles. The minimum absolute atomic E-state index is 0.199. The molecular weight excluding hydrogens is 244 g/mol. The lowest BCUT2D eigenvalue weighted by Crippen LogP contribution is -2.36. The van der Waals surface area contributed by atoms with Crippen LogP contribution in [0.4, 0.5) is 4.79 Å². The molecular formula is C14H16N2O3. The average molecular weight is 260 g/mol. The zero-order chi connectivity index (χ0) is 14.3. The summed E-state index contributed by atoms with van der Waals surface area (Å²) >= 11 is 0. The fourth-order valence-electron chi connectivity index (χ4n) is 1.47. The number of nitrogens with one attached hydrogen (secondary N) is 1. The van der Waals surface area contributed by atoms with Crippen molar-refractivity contribution in [2.45, 2.75) is 6.54 Å². The molecule has 0 heterocycles. The summed E-state index contributed by atoms with van der Waals surface area (Å²) < 4.78 is 4.61. The fraction of sp³-hybridized carbons (Fsp3) is 0.286. The zero-order valence-electron chi connectivity index (χ0n) is 11.0. The van der Waals surface area contributed by atoms with E-state index in [1.807, 2.05) is 0 Å². The first-order valence-electron chi connectivity index (χ1n) is 5.68. The Morgan fingerprint density at radius 3 is 2.53 bits per heavy atom. The maximum atomic E-state index is 11.6. The minimum atomic E-state index is -0.383. The van der Waals surface area contributed by atoms with Crippen LogP contribution in [0.1, 0.15) is 15.9 Å². The number of ether oxygens (including phenoxy) is 1. The summed E-state index contributed by atoms with van der Waals surface area (Å²) in [5, 5.41) is 2.57. The summed E-state index contributed by atoms with van der Waals surface area (Å²) in [4.78, 5) is 24.3. The number of amides is 2. The van der Waals surface area contributed by atoms with E-state index in [9.17, 15) is 9.59 Å². The molecule has 0 aliphatic rings. The van der Waals surface area contributed by atoms with Gasteiger partial charge in [0.25, 0.3) is 0 Å². The molecule has 5 nitrogen and oxygen atoms in total. The highest BCUT2D eigenvalue weighted by Crippen LogP contribution is 2.07. The van der Waals surface area contributed by atoms with Crippen LogP contribution in [0.2, 0.25) is 0 Å². The first kappa shape index (κ1) is 14.6. The van der Waals surface area contributed by atoms with E-state index in [0.717, 1.165) is 5.56 Å².